The van der Waals surface area contributed by atoms with Crippen molar-refractivity contribution in [2.24, 2.45) is 5.92 Å². The predicted octanol–water partition coefficient (Wildman–Crippen LogP) is 5.73. The average molecular weight is 210 g/mol. The van der Waals surface area contributed by atoms with Crippen LogP contribution in [0, 0.1) is 5.92 Å². The van der Waals surface area contributed by atoms with Crippen molar-refractivity contribution in [2.75, 3.05) is 0 Å². The number of rotatable bonds is 10. The summed E-state index contributed by atoms with van der Waals surface area (Å²) in [7, 11) is 0. The lowest BCUT2D eigenvalue weighted by Gasteiger charge is -2.19. The first kappa shape index (κ1) is 14.7. The smallest absolute Gasteiger partial charge is 0.0206 e. The van der Waals surface area contributed by atoms with Gasteiger partial charge in [0, 0.05) is 0 Å². The third-order valence-corrected chi connectivity index (χ3v) is 3.24. The van der Waals surface area contributed by atoms with Crippen molar-refractivity contribution in [1.82, 2.24) is 0 Å². The normalized spacial score (nSPS) is 10.9. The Balaban J connectivity index is 3.90. The van der Waals surface area contributed by atoms with E-state index in [1.165, 1.54) is 63.4 Å². The molecule has 0 amide bonds. The second-order valence-electron chi connectivity index (χ2n) is 4.74. The highest BCUT2D eigenvalue weighted by Crippen LogP contribution is 2.26. The maximum absolute atomic E-state index is 4.30. The van der Waals surface area contributed by atoms with E-state index >= 15 is 0 Å². The lowest BCUT2D eigenvalue weighted by atomic mass is 9.87. The molecule has 0 N–H and O–H groups in total. The fourth-order valence-corrected chi connectivity index (χ4v) is 2.06. The van der Waals surface area contributed by atoms with E-state index in [0.717, 1.165) is 5.92 Å². The Kier molecular flexibility index (Phi) is 10.1. The summed E-state index contributed by atoms with van der Waals surface area (Å²) in [6.45, 7) is 11.1. The number of allylic oxidation sites excluding steroid dienone is 1. The summed E-state index contributed by atoms with van der Waals surface area (Å²) in [5, 5.41) is 0. The highest BCUT2D eigenvalue weighted by atomic mass is 14.2. The molecule has 0 nitrogen and oxygen atoms in total. The molecule has 0 atom stereocenters. The van der Waals surface area contributed by atoms with Gasteiger partial charge in [0.2, 0.25) is 0 Å². The van der Waals surface area contributed by atoms with Crippen molar-refractivity contribution in [1.29, 1.82) is 0 Å². The van der Waals surface area contributed by atoms with Crippen LogP contribution < -0.4 is 0 Å². The van der Waals surface area contributed by atoms with E-state index < -0.39 is 0 Å². The molecule has 0 aliphatic heterocycles. The maximum atomic E-state index is 4.30. The molecule has 90 valence electrons. The quantitative estimate of drug-likeness (QED) is 0.404. The van der Waals surface area contributed by atoms with Gasteiger partial charge in [-0.25, -0.2) is 0 Å². The summed E-state index contributed by atoms with van der Waals surface area (Å²) >= 11 is 0. The van der Waals surface area contributed by atoms with Crippen LogP contribution >= 0.6 is 0 Å². The first-order valence-corrected chi connectivity index (χ1v) is 6.93. The Morgan fingerprint density at radius 1 is 0.867 bits per heavy atom. The van der Waals surface area contributed by atoms with Crippen LogP contribution in [-0.4, -0.2) is 0 Å². The second kappa shape index (κ2) is 10.3. The van der Waals surface area contributed by atoms with Crippen LogP contribution in [-0.2, 0) is 0 Å². The fraction of sp³-hybridized carbons (Fsp3) is 0.867. The summed E-state index contributed by atoms with van der Waals surface area (Å²) < 4.78 is 0. The van der Waals surface area contributed by atoms with Crippen molar-refractivity contribution in [2.45, 2.75) is 78.6 Å². The molecule has 0 heterocycles. The van der Waals surface area contributed by atoms with Gasteiger partial charge in [-0.2, -0.15) is 0 Å². The molecule has 0 aliphatic carbocycles. The fourth-order valence-electron chi connectivity index (χ4n) is 2.06. The summed E-state index contributed by atoms with van der Waals surface area (Å²) in [5.41, 5.74) is 1.53. The molecule has 0 saturated carbocycles. The van der Waals surface area contributed by atoms with E-state index in [9.17, 15) is 0 Å². The Hall–Kier alpha value is -0.260. The minimum absolute atomic E-state index is 0.816. The van der Waals surface area contributed by atoms with E-state index in [4.69, 9.17) is 0 Å². The summed E-state index contributed by atoms with van der Waals surface area (Å²) in [4.78, 5) is 0. The molecular formula is C15H30. The van der Waals surface area contributed by atoms with Crippen LogP contribution in [0.1, 0.15) is 78.6 Å². The molecule has 0 rings (SSSR count). The van der Waals surface area contributed by atoms with Crippen LogP contribution in [0.2, 0.25) is 0 Å². The van der Waals surface area contributed by atoms with Gasteiger partial charge in [-0.1, -0.05) is 65.0 Å². The minimum Gasteiger partial charge on any atom is -0.0996 e. The van der Waals surface area contributed by atoms with Gasteiger partial charge in [0.1, 0.15) is 0 Å². The number of unbranched alkanes of at least 4 members (excludes halogenated alkanes) is 3. The standard InChI is InChI=1S/C15H30/c1-5-8-11-14(4)15(12-9-6-2)13-10-7-3/h15H,4-13H2,1-3H3. The van der Waals surface area contributed by atoms with E-state index in [-0.39, 0.29) is 0 Å². The SMILES string of the molecule is C=C(CCCC)C(CCCC)CCCC. The van der Waals surface area contributed by atoms with E-state index in [2.05, 4.69) is 27.4 Å². The molecule has 0 aromatic rings. The van der Waals surface area contributed by atoms with Crippen molar-refractivity contribution >= 4 is 0 Å². The van der Waals surface area contributed by atoms with Crippen molar-refractivity contribution in [3.05, 3.63) is 12.2 Å². The lowest BCUT2D eigenvalue weighted by molar-refractivity contribution is 0.461. The monoisotopic (exact) mass is 210 g/mol. The van der Waals surface area contributed by atoms with Gasteiger partial charge >= 0.3 is 0 Å². The molecule has 0 aromatic heterocycles. The van der Waals surface area contributed by atoms with Gasteiger partial charge in [0.05, 0.1) is 0 Å². The average Bonchev–Trinajstić information content (AvgIpc) is 2.26. The minimum atomic E-state index is 0.816. The Morgan fingerprint density at radius 2 is 1.33 bits per heavy atom. The molecule has 0 radical (unpaired) electrons. The van der Waals surface area contributed by atoms with E-state index in [0.29, 0.717) is 0 Å². The zero-order valence-corrected chi connectivity index (χ0v) is 11.1. The first-order chi connectivity index (χ1) is 7.26. The van der Waals surface area contributed by atoms with Gasteiger partial charge in [-0.3, -0.25) is 0 Å². The van der Waals surface area contributed by atoms with Crippen LogP contribution in [0.25, 0.3) is 0 Å². The molecule has 0 unspecified atom stereocenters. The van der Waals surface area contributed by atoms with Gasteiger partial charge < -0.3 is 0 Å². The summed E-state index contributed by atoms with van der Waals surface area (Å²) in [5.74, 6) is 0.816. The molecular weight excluding hydrogens is 180 g/mol. The van der Waals surface area contributed by atoms with E-state index in [1.807, 2.05) is 0 Å². The number of hydrogen-bond acceptors (Lipinski definition) is 0. The number of hydrogen-bond donors (Lipinski definition) is 0. The highest BCUT2D eigenvalue weighted by molar-refractivity contribution is 5.00. The molecule has 0 fully saturated rings. The van der Waals surface area contributed by atoms with Crippen LogP contribution in [0.15, 0.2) is 12.2 Å². The Morgan fingerprint density at radius 3 is 1.73 bits per heavy atom. The highest BCUT2D eigenvalue weighted by Gasteiger charge is 2.10. The molecule has 0 aliphatic rings. The van der Waals surface area contributed by atoms with Gasteiger partial charge in [0.25, 0.3) is 0 Å². The molecule has 15 heavy (non-hydrogen) atoms. The molecule has 0 spiro atoms. The van der Waals surface area contributed by atoms with Crippen molar-refractivity contribution in [3.63, 3.8) is 0 Å². The third kappa shape index (κ3) is 7.64. The third-order valence-electron chi connectivity index (χ3n) is 3.24. The second-order valence-corrected chi connectivity index (χ2v) is 4.74. The molecule has 0 aromatic carbocycles. The van der Waals surface area contributed by atoms with Crippen LogP contribution in [0.3, 0.4) is 0 Å². The van der Waals surface area contributed by atoms with E-state index in [1.54, 1.807) is 0 Å². The zero-order chi connectivity index (χ0) is 11.5. The summed E-state index contributed by atoms with van der Waals surface area (Å²) in [6.07, 6.45) is 12.0. The first-order valence-electron chi connectivity index (χ1n) is 6.93. The Bertz CT molecular complexity index is 138. The largest absolute Gasteiger partial charge is 0.0996 e. The Labute approximate surface area is 97.2 Å². The lowest BCUT2D eigenvalue weighted by Crippen LogP contribution is -2.04. The molecule has 0 heteroatoms. The zero-order valence-electron chi connectivity index (χ0n) is 11.1. The molecule has 0 bridgehead atoms. The van der Waals surface area contributed by atoms with Crippen molar-refractivity contribution in [3.8, 4) is 0 Å². The van der Waals surface area contributed by atoms with Gasteiger partial charge in [-0.05, 0) is 31.6 Å². The maximum Gasteiger partial charge on any atom is -0.0206 e. The van der Waals surface area contributed by atoms with Crippen LogP contribution in [0.5, 0.6) is 0 Å². The topological polar surface area (TPSA) is 0 Å². The van der Waals surface area contributed by atoms with Gasteiger partial charge in [-0.15, -0.1) is 0 Å². The summed E-state index contributed by atoms with van der Waals surface area (Å²) in [6, 6.07) is 0. The van der Waals surface area contributed by atoms with Gasteiger partial charge in [0.15, 0.2) is 0 Å². The van der Waals surface area contributed by atoms with Crippen LogP contribution in [0.4, 0.5) is 0 Å². The van der Waals surface area contributed by atoms with Crippen molar-refractivity contribution < 1.29 is 0 Å². The predicted molar refractivity (Wildman–Crippen MR) is 71.2 cm³/mol. The molecule has 0 saturated heterocycles.